The molecule has 28 heavy (non-hydrogen) atoms. The fourth-order valence-corrected chi connectivity index (χ4v) is 4.77. The summed E-state index contributed by atoms with van der Waals surface area (Å²) in [5.74, 6) is 0.527. The van der Waals surface area contributed by atoms with Crippen LogP contribution in [-0.4, -0.2) is 39.0 Å². The standard InChI is InChI=1S/C20H23N7O/c21-11-1-4-17(24-9-11)27-13-2-3-14(27)8-12(7-13)26-18-15-5-6-23-20(15)25-10-16(18)19(22)28/h1,4-6,9-10,12-14H,2-3,7-8,21H2,(H2,22,28)(H2,23,25,26)/t12?,13-,14+. The largest absolute Gasteiger partial charge is 0.397 e. The third-order valence-corrected chi connectivity index (χ3v) is 5.97. The summed E-state index contributed by atoms with van der Waals surface area (Å²) in [4.78, 5) is 26.3. The number of nitrogens with two attached hydrogens (primary N) is 2. The topological polar surface area (TPSA) is 126 Å². The molecule has 1 amide bonds. The maximum atomic E-state index is 11.9. The molecular weight excluding hydrogens is 354 g/mol. The van der Waals surface area contributed by atoms with Gasteiger partial charge in [-0.3, -0.25) is 4.79 Å². The van der Waals surface area contributed by atoms with Crippen molar-refractivity contribution >= 4 is 34.1 Å². The normalized spacial score (nSPS) is 23.9. The Labute approximate surface area is 162 Å². The molecule has 8 nitrogen and oxygen atoms in total. The summed E-state index contributed by atoms with van der Waals surface area (Å²) in [5, 5.41) is 4.51. The molecule has 6 N–H and O–H groups in total. The summed E-state index contributed by atoms with van der Waals surface area (Å²) in [6.07, 6.45) is 9.35. The molecule has 3 aromatic rings. The molecule has 2 aliphatic heterocycles. The molecular formula is C20H23N7O. The second kappa shape index (κ2) is 6.40. The predicted molar refractivity (Wildman–Crippen MR) is 109 cm³/mol. The summed E-state index contributed by atoms with van der Waals surface area (Å²) < 4.78 is 0. The van der Waals surface area contributed by atoms with E-state index in [4.69, 9.17) is 11.5 Å². The second-order valence-corrected chi connectivity index (χ2v) is 7.71. The number of nitrogens with zero attached hydrogens (tertiary/aromatic N) is 3. The van der Waals surface area contributed by atoms with Gasteiger partial charge in [0.1, 0.15) is 11.5 Å². The quantitative estimate of drug-likeness (QED) is 0.552. The Bertz CT molecular complexity index is 1010. The van der Waals surface area contributed by atoms with Gasteiger partial charge in [-0.1, -0.05) is 0 Å². The van der Waals surface area contributed by atoms with Crippen LogP contribution >= 0.6 is 0 Å². The van der Waals surface area contributed by atoms with Crippen molar-refractivity contribution in [2.24, 2.45) is 5.73 Å². The van der Waals surface area contributed by atoms with Crippen molar-refractivity contribution in [1.29, 1.82) is 0 Å². The number of primary amides is 1. The molecule has 144 valence electrons. The zero-order valence-electron chi connectivity index (χ0n) is 15.4. The van der Waals surface area contributed by atoms with Crippen molar-refractivity contribution in [3.63, 3.8) is 0 Å². The van der Waals surface area contributed by atoms with Gasteiger partial charge in [0.25, 0.3) is 5.91 Å². The molecule has 2 saturated heterocycles. The number of pyridine rings is 2. The van der Waals surface area contributed by atoms with Crippen LogP contribution in [-0.2, 0) is 0 Å². The number of carbonyl (C=O) groups is 1. The summed E-state index contributed by atoms with van der Waals surface area (Å²) in [7, 11) is 0. The van der Waals surface area contributed by atoms with E-state index in [1.165, 1.54) is 0 Å². The highest BCUT2D eigenvalue weighted by Crippen LogP contribution is 2.40. The lowest BCUT2D eigenvalue weighted by molar-refractivity contribution is 0.100. The maximum absolute atomic E-state index is 11.9. The zero-order valence-corrected chi connectivity index (χ0v) is 15.4. The fourth-order valence-electron chi connectivity index (χ4n) is 4.77. The molecule has 2 bridgehead atoms. The molecule has 3 atom stereocenters. The van der Waals surface area contributed by atoms with Gasteiger partial charge < -0.3 is 26.7 Å². The van der Waals surface area contributed by atoms with Crippen LogP contribution in [0.3, 0.4) is 0 Å². The molecule has 3 aromatic heterocycles. The van der Waals surface area contributed by atoms with Gasteiger partial charge in [-0.25, -0.2) is 9.97 Å². The maximum Gasteiger partial charge on any atom is 0.252 e. The smallest absolute Gasteiger partial charge is 0.252 e. The van der Waals surface area contributed by atoms with Crippen LogP contribution in [0.5, 0.6) is 0 Å². The highest BCUT2D eigenvalue weighted by Gasteiger charge is 2.41. The number of nitrogens with one attached hydrogen (secondary N) is 2. The second-order valence-electron chi connectivity index (χ2n) is 7.71. The lowest BCUT2D eigenvalue weighted by atomic mass is 9.96. The Morgan fingerprint density at radius 2 is 1.93 bits per heavy atom. The van der Waals surface area contributed by atoms with E-state index in [1.54, 1.807) is 12.4 Å². The van der Waals surface area contributed by atoms with Gasteiger partial charge in [-0.15, -0.1) is 0 Å². The number of anilines is 3. The van der Waals surface area contributed by atoms with Crippen LogP contribution in [0.15, 0.2) is 36.8 Å². The molecule has 5 rings (SSSR count). The lowest BCUT2D eigenvalue weighted by Gasteiger charge is -2.40. The van der Waals surface area contributed by atoms with Gasteiger partial charge in [0, 0.05) is 35.9 Å². The van der Waals surface area contributed by atoms with E-state index in [2.05, 4.69) is 25.2 Å². The van der Waals surface area contributed by atoms with Gasteiger partial charge in [0.2, 0.25) is 0 Å². The van der Waals surface area contributed by atoms with Crippen LogP contribution in [0.2, 0.25) is 0 Å². The summed E-state index contributed by atoms with van der Waals surface area (Å²) in [5.41, 5.74) is 14.0. The van der Waals surface area contributed by atoms with Crippen molar-refractivity contribution < 1.29 is 4.79 Å². The number of H-pyrrole nitrogens is 1. The highest BCUT2D eigenvalue weighted by molar-refractivity contribution is 6.06. The van der Waals surface area contributed by atoms with Gasteiger partial charge in [0.15, 0.2) is 0 Å². The number of rotatable bonds is 4. The number of fused-ring (bicyclic) bond motifs is 3. The Hall–Kier alpha value is -3.29. The lowest BCUT2D eigenvalue weighted by Crippen LogP contribution is -2.47. The van der Waals surface area contributed by atoms with Crippen molar-refractivity contribution in [1.82, 2.24) is 15.0 Å². The van der Waals surface area contributed by atoms with Gasteiger partial charge in [-0.05, 0) is 43.9 Å². The van der Waals surface area contributed by atoms with Crippen LogP contribution in [0.25, 0.3) is 11.0 Å². The number of hydrogen-bond donors (Lipinski definition) is 4. The van der Waals surface area contributed by atoms with Gasteiger partial charge in [0.05, 0.1) is 23.1 Å². The number of hydrogen-bond acceptors (Lipinski definition) is 6. The first-order valence-electron chi connectivity index (χ1n) is 9.62. The molecule has 0 aromatic carbocycles. The highest BCUT2D eigenvalue weighted by atomic mass is 16.1. The molecule has 0 radical (unpaired) electrons. The summed E-state index contributed by atoms with van der Waals surface area (Å²) in [6, 6.07) is 6.96. The van der Waals surface area contributed by atoms with Crippen LogP contribution in [0.4, 0.5) is 17.2 Å². The molecule has 8 heteroatoms. The number of aromatic nitrogens is 3. The van der Waals surface area contributed by atoms with E-state index in [0.717, 1.165) is 48.2 Å². The third kappa shape index (κ3) is 2.72. The van der Waals surface area contributed by atoms with E-state index in [1.807, 2.05) is 24.4 Å². The van der Waals surface area contributed by atoms with E-state index in [-0.39, 0.29) is 6.04 Å². The average Bonchev–Trinajstić information content (AvgIpc) is 3.25. The van der Waals surface area contributed by atoms with E-state index >= 15 is 0 Å². The van der Waals surface area contributed by atoms with Crippen molar-refractivity contribution in [3.05, 3.63) is 42.4 Å². The van der Waals surface area contributed by atoms with Crippen molar-refractivity contribution in [2.75, 3.05) is 16.0 Å². The summed E-state index contributed by atoms with van der Waals surface area (Å²) in [6.45, 7) is 0. The SMILES string of the molecule is NC(=O)c1cnc2[nH]ccc2c1NC1C[C@H]2CC[C@@H](C1)N2c1ccc(N)cn1. The number of amides is 1. The Kier molecular flexibility index (Phi) is 3.85. The van der Waals surface area contributed by atoms with Crippen LogP contribution < -0.4 is 21.7 Å². The van der Waals surface area contributed by atoms with Gasteiger partial charge >= 0.3 is 0 Å². The number of carbonyl (C=O) groups excluding carboxylic acids is 1. The Morgan fingerprint density at radius 3 is 2.61 bits per heavy atom. The predicted octanol–water partition coefficient (Wildman–Crippen LogP) is 2.25. The Morgan fingerprint density at radius 1 is 1.14 bits per heavy atom. The number of piperidine rings is 1. The van der Waals surface area contributed by atoms with Crippen LogP contribution in [0.1, 0.15) is 36.0 Å². The van der Waals surface area contributed by atoms with E-state index in [0.29, 0.717) is 23.3 Å². The minimum atomic E-state index is -0.468. The molecule has 0 spiro atoms. The first kappa shape index (κ1) is 16.9. The monoisotopic (exact) mass is 377 g/mol. The molecule has 0 aliphatic carbocycles. The Balaban J connectivity index is 1.41. The first-order chi connectivity index (χ1) is 13.6. The third-order valence-electron chi connectivity index (χ3n) is 5.97. The minimum absolute atomic E-state index is 0.265. The fraction of sp³-hybridized carbons (Fsp3) is 0.350. The molecule has 2 fully saturated rings. The first-order valence-corrected chi connectivity index (χ1v) is 9.62. The number of aromatic amines is 1. The molecule has 0 saturated carbocycles. The number of nitrogen functional groups attached to an aromatic ring is 1. The van der Waals surface area contributed by atoms with Gasteiger partial charge in [-0.2, -0.15) is 0 Å². The molecule has 2 aliphatic rings. The molecule has 5 heterocycles. The van der Waals surface area contributed by atoms with Crippen molar-refractivity contribution in [3.8, 4) is 0 Å². The van der Waals surface area contributed by atoms with E-state index < -0.39 is 5.91 Å². The average molecular weight is 377 g/mol. The van der Waals surface area contributed by atoms with Crippen molar-refractivity contribution in [2.45, 2.75) is 43.8 Å². The summed E-state index contributed by atoms with van der Waals surface area (Å²) >= 11 is 0. The zero-order chi connectivity index (χ0) is 19.3. The van der Waals surface area contributed by atoms with E-state index in [9.17, 15) is 4.79 Å². The minimum Gasteiger partial charge on any atom is -0.397 e. The molecule has 1 unspecified atom stereocenters. The van der Waals surface area contributed by atoms with Crippen LogP contribution in [0, 0.1) is 0 Å².